The number of alkyl halides is 3. The minimum Gasteiger partial charge on any atom is -0.380 e. The number of hydrogen-bond donors (Lipinski definition) is 1. The van der Waals surface area contributed by atoms with Crippen LogP contribution < -0.4 is 10.9 Å². The van der Waals surface area contributed by atoms with Crippen LogP contribution in [0.5, 0.6) is 0 Å². The molecule has 1 aromatic heterocycles. The molecular weight excluding hydrogens is 262 g/mol. The summed E-state index contributed by atoms with van der Waals surface area (Å²) in [6.45, 7) is 0. The Morgan fingerprint density at radius 1 is 1.47 bits per heavy atom. The summed E-state index contributed by atoms with van der Waals surface area (Å²) in [5.41, 5.74) is -3.31. The highest BCUT2D eigenvalue weighted by Crippen LogP contribution is 2.34. The summed E-state index contributed by atoms with van der Waals surface area (Å²) in [6, 6.07) is -0.0637. The van der Waals surface area contributed by atoms with Gasteiger partial charge in [-0.1, -0.05) is 0 Å². The number of hydrogen-bond acceptors (Lipinski definition) is 4. The van der Waals surface area contributed by atoms with Crippen molar-refractivity contribution in [1.29, 1.82) is 0 Å². The van der Waals surface area contributed by atoms with E-state index in [0.29, 0.717) is 0 Å². The molecule has 0 aliphatic heterocycles. The smallest absolute Gasteiger partial charge is 0.380 e. The van der Waals surface area contributed by atoms with Crippen LogP contribution in [0.15, 0.2) is 11.0 Å². The van der Waals surface area contributed by atoms with E-state index in [2.05, 4.69) is 10.4 Å². The van der Waals surface area contributed by atoms with Crippen molar-refractivity contribution in [3.05, 3.63) is 22.1 Å². The average molecular weight is 269 g/mol. The van der Waals surface area contributed by atoms with Crippen LogP contribution >= 0.6 is 12.3 Å². The molecule has 2 rings (SSSR count). The van der Waals surface area contributed by atoms with Crippen molar-refractivity contribution in [2.24, 2.45) is 0 Å². The zero-order valence-electron chi connectivity index (χ0n) is 8.29. The van der Waals surface area contributed by atoms with Gasteiger partial charge in [-0.3, -0.25) is 4.79 Å². The van der Waals surface area contributed by atoms with E-state index < -0.39 is 35.3 Å². The third-order valence-corrected chi connectivity index (χ3v) is 2.63. The molecule has 1 saturated carbocycles. The van der Waals surface area contributed by atoms with Crippen molar-refractivity contribution in [3.63, 3.8) is 0 Å². The molecule has 9 heteroatoms. The topological polar surface area (TPSA) is 46.9 Å². The molecule has 1 aliphatic rings. The lowest BCUT2D eigenvalue weighted by Gasteiger charge is -2.13. The van der Waals surface area contributed by atoms with Crippen LogP contribution in [0.3, 0.4) is 0 Å². The zero-order chi connectivity index (χ0) is 12.6. The largest absolute Gasteiger partial charge is 0.423 e. The molecule has 0 unspecified atom stereocenters. The van der Waals surface area contributed by atoms with Crippen LogP contribution in [0.4, 0.5) is 22.7 Å². The van der Waals surface area contributed by atoms with Gasteiger partial charge in [0, 0.05) is 6.04 Å². The first-order valence-corrected chi connectivity index (χ1v) is 5.36. The van der Waals surface area contributed by atoms with Crippen LogP contribution in [-0.2, 0) is 6.18 Å². The third-order valence-electron chi connectivity index (χ3n) is 2.23. The predicted molar refractivity (Wildman–Crippen MR) is 54.2 cm³/mol. The fourth-order valence-corrected chi connectivity index (χ4v) is 1.55. The second-order valence-corrected chi connectivity index (χ2v) is 4.08. The predicted octanol–water partition coefficient (Wildman–Crippen LogP) is 2.22. The van der Waals surface area contributed by atoms with Gasteiger partial charge in [0.05, 0.1) is 11.9 Å². The Morgan fingerprint density at radius 3 is 2.59 bits per heavy atom. The monoisotopic (exact) mass is 269 g/mol. The van der Waals surface area contributed by atoms with Gasteiger partial charge < -0.3 is 5.32 Å². The Kier molecular flexibility index (Phi) is 3.02. The standard InChI is InChI=1S/C8H7F4N3OS/c9-8(10,11)6-5(14-4-1-2-4)3-13-15(17-12)7(6)16/h3-4,14H,1-2H2. The molecule has 0 amide bonds. The quantitative estimate of drug-likeness (QED) is 0.855. The Balaban J connectivity index is 2.50. The number of halogens is 4. The van der Waals surface area contributed by atoms with Gasteiger partial charge in [-0.15, -0.1) is 7.97 Å². The van der Waals surface area contributed by atoms with Gasteiger partial charge in [0.15, 0.2) is 12.3 Å². The zero-order valence-corrected chi connectivity index (χ0v) is 9.11. The van der Waals surface area contributed by atoms with Gasteiger partial charge in [0.1, 0.15) is 5.56 Å². The van der Waals surface area contributed by atoms with Crippen molar-refractivity contribution in [3.8, 4) is 0 Å². The van der Waals surface area contributed by atoms with Gasteiger partial charge >= 0.3 is 6.18 Å². The van der Waals surface area contributed by atoms with Crippen molar-refractivity contribution in [2.75, 3.05) is 5.32 Å². The maximum absolute atomic E-state index is 12.7. The second kappa shape index (κ2) is 4.21. The molecule has 4 nitrogen and oxygen atoms in total. The minimum atomic E-state index is -4.84. The molecule has 1 fully saturated rings. The molecule has 94 valence electrons. The van der Waals surface area contributed by atoms with E-state index in [9.17, 15) is 21.9 Å². The molecule has 1 heterocycles. The van der Waals surface area contributed by atoms with E-state index in [1.54, 1.807) is 0 Å². The summed E-state index contributed by atoms with van der Waals surface area (Å²) in [7, 11) is 0. The second-order valence-electron chi connectivity index (χ2n) is 3.60. The summed E-state index contributed by atoms with van der Waals surface area (Å²) in [5, 5.41) is 5.84. The van der Waals surface area contributed by atoms with Crippen LogP contribution in [-0.4, -0.2) is 15.2 Å². The SMILES string of the molecule is O=c1c(C(F)(F)F)c(NC2CC2)cnn1SF. The van der Waals surface area contributed by atoms with E-state index in [0.717, 1.165) is 19.0 Å². The fourth-order valence-electron chi connectivity index (χ4n) is 1.32. The first-order valence-electron chi connectivity index (χ1n) is 4.68. The highest BCUT2D eigenvalue weighted by atomic mass is 32.2. The van der Waals surface area contributed by atoms with Crippen molar-refractivity contribution >= 4 is 18.0 Å². The van der Waals surface area contributed by atoms with E-state index in [1.807, 2.05) is 0 Å². The van der Waals surface area contributed by atoms with Crippen LogP contribution in [0.1, 0.15) is 18.4 Å². The maximum atomic E-state index is 12.7. The normalized spacial score (nSPS) is 16.0. The number of nitrogens with zero attached hydrogens (tertiary/aromatic N) is 2. The lowest BCUT2D eigenvalue weighted by Crippen LogP contribution is -2.29. The molecule has 0 aromatic carbocycles. The molecular formula is C8H7F4N3OS. The number of nitrogens with one attached hydrogen (secondary N) is 1. The van der Waals surface area contributed by atoms with Crippen LogP contribution in [0.2, 0.25) is 0 Å². The van der Waals surface area contributed by atoms with E-state index in [-0.39, 0.29) is 10.1 Å². The molecule has 17 heavy (non-hydrogen) atoms. The Bertz CT molecular complexity index is 483. The molecule has 1 aliphatic carbocycles. The summed E-state index contributed by atoms with van der Waals surface area (Å²) < 4.78 is 50.3. The highest BCUT2D eigenvalue weighted by Gasteiger charge is 2.39. The van der Waals surface area contributed by atoms with Crippen molar-refractivity contribution in [1.82, 2.24) is 9.19 Å². The van der Waals surface area contributed by atoms with Gasteiger partial charge in [0.2, 0.25) is 0 Å². The lowest BCUT2D eigenvalue weighted by molar-refractivity contribution is -0.138. The van der Waals surface area contributed by atoms with Gasteiger partial charge in [-0.05, 0) is 12.8 Å². The van der Waals surface area contributed by atoms with Gasteiger partial charge in [-0.25, -0.2) is 0 Å². The highest BCUT2D eigenvalue weighted by molar-refractivity contribution is 7.92. The number of aromatic nitrogens is 2. The number of anilines is 1. The van der Waals surface area contributed by atoms with Crippen LogP contribution in [0, 0.1) is 0 Å². The molecule has 0 bridgehead atoms. The van der Waals surface area contributed by atoms with E-state index >= 15 is 0 Å². The summed E-state index contributed by atoms with van der Waals surface area (Å²) in [4.78, 5) is 11.3. The van der Waals surface area contributed by atoms with E-state index in [1.165, 1.54) is 0 Å². The third kappa shape index (κ3) is 2.54. The minimum absolute atomic E-state index is 0.0564. The lowest BCUT2D eigenvalue weighted by atomic mass is 10.2. The Morgan fingerprint density at radius 2 is 2.12 bits per heavy atom. The van der Waals surface area contributed by atoms with Gasteiger partial charge in [0.25, 0.3) is 5.56 Å². The summed E-state index contributed by atoms with van der Waals surface area (Å²) in [6.07, 6.45) is -2.53. The molecule has 0 atom stereocenters. The molecule has 0 radical (unpaired) electrons. The molecule has 1 N–H and O–H groups in total. The first kappa shape index (κ1) is 12.2. The van der Waals surface area contributed by atoms with Crippen molar-refractivity contribution < 1.29 is 17.1 Å². The Labute approximate surface area is 97.4 Å². The van der Waals surface area contributed by atoms with Crippen molar-refractivity contribution in [2.45, 2.75) is 25.1 Å². The molecule has 0 saturated heterocycles. The number of rotatable bonds is 3. The average Bonchev–Trinajstić information content (AvgIpc) is 3.00. The first-order chi connectivity index (χ1) is 7.93. The van der Waals surface area contributed by atoms with E-state index in [4.69, 9.17) is 0 Å². The molecule has 0 spiro atoms. The maximum Gasteiger partial charge on any atom is 0.423 e. The Hall–Kier alpha value is -1.25. The molecule has 1 aromatic rings. The summed E-state index contributed by atoms with van der Waals surface area (Å²) >= 11 is -0.666. The van der Waals surface area contributed by atoms with Gasteiger partial charge in [-0.2, -0.15) is 18.3 Å². The summed E-state index contributed by atoms with van der Waals surface area (Å²) in [5.74, 6) is 0. The fraction of sp³-hybridized carbons (Fsp3) is 0.500. The van der Waals surface area contributed by atoms with Crippen LogP contribution in [0.25, 0.3) is 0 Å².